The maximum Gasteiger partial charge on any atom is 0.387 e. The Morgan fingerprint density at radius 3 is 2.74 bits per heavy atom. The number of carbonyl (C=O) groups is 2. The molecule has 1 unspecified atom stereocenters. The number of methoxy groups -OCH3 is 1. The highest BCUT2D eigenvalue weighted by atomic mass is 19.3. The third-order valence-electron chi connectivity index (χ3n) is 3.04. The summed E-state index contributed by atoms with van der Waals surface area (Å²) in [5, 5.41) is 0. The summed E-state index contributed by atoms with van der Waals surface area (Å²) in [5.74, 6) is -1.27. The Morgan fingerprint density at radius 2 is 2.11 bits per heavy atom. The summed E-state index contributed by atoms with van der Waals surface area (Å²) in [7, 11) is 1.27. The largest absolute Gasteiger partial charge is 0.469 e. The second-order valence-corrected chi connectivity index (χ2v) is 4.25. The topological polar surface area (TPSA) is 52.6 Å². The van der Waals surface area contributed by atoms with E-state index in [1.807, 2.05) is 0 Å². The van der Waals surface area contributed by atoms with Gasteiger partial charge in [0.05, 0.1) is 13.0 Å². The number of rotatable bonds is 3. The van der Waals surface area contributed by atoms with Gasteiger partial charge in [-0.2, -0.15) is 8.78 Å². The molecule has 0 N–H and O–H groups in total. The Bertz CT molecular complexity index is 513. The van der Waals surface area contributed by atoms with Crippen molar-refractivity contribution in [2.45, 2.75) is 19.5 Å². The van der Waals surface area contributed by atoms with Crippen molar-refractivity contribution in [2.24, 2.45) is 5.92 Å². The van der Waals surface area contributed by atoms with Crippen LogP contribution in [0.5, 0.6) is 5.75 Å². The lowest BCUT2D eigenvalue weighted by Gasteiger charge is -2.22. The summed E-state index contributed by atoms with van der Waals surface area (Å²) in [6.45, 7) is -2.93. The number of halogens is 2. The molecule has 1 aliphatic rings. The van der Waals surface area contributed by atoms with E-state index in [4.69, 9.17) is 0 Å². The summed E-state index contributed by atoms with van der Waals surface area (Å²) in [6.07, 6.45) is 0.389. The van der Waals surface area contributed by atoms with Crippen molar-refractivity contribution in [1.29, 1.82) is 0 Å². The number of benzene rings is 1. The van der Waals surface area contributed by atoms with Gasteiger partial charge in [-0.15, -0.1) is 0 Å². The minimum absolute atomic E-state index is 0.0256. The zero-order valence-corrected chi connectivity index (χ0v) is 10.2. The number of alkyl halides is 2. The third-order valence-corrected chi connectivity index (χ3v) is 3.04. The highest BCUT2D eigenvalue weighted by Gasteiger charge is 2.30. The maximum atomic E-state index is 12.1. The van der Waals surface area contributed by atoms with E-state index >= 15 is 0 Å². The normalized spacial score (nSPS) is 18.1. The molecule has 6 heteroatoms. The summed E-state index contributed by atoms with van der Waals surface area (Å²) < 4.78 is 33.1. The number of Topliss-reactive ketones (excluding diaryl/α,β-unsaturated/α-hetero) is 1. The number of hydrogen-bond donors (Lipinski definition) is 0. The molecule has 0 bridgehead atoms. The van der Waals surface area contributed by atoms with Crippen molar-refractivity contribution < 1.29 is 27.8 Å². The summed E-state index contributed by atoms with van der Waals surface area (Å²) in [4.78, 5) is 23.3. The Labute approximate surface area is 108 Å². The molecule has 0 saturated heterocycles. The standard InChI is InChI=1S/C13H12F2O4/c1-18-12(17)8-4-7-2-3-9(19-13(14)15)6-10(7)11(16)5-8/h2-3,6,8,13H,4-5H2,1H3. The van der Waals surface area contributed by atoms with Gasteiger partial charge < -0.3 is 9.47 Å². The fourth-order valence-corrected chi connectivity index (χ4v) is 2.17. The smallest absolute Gasteiger partial charge is 0.387 e. The van der Waals surface area contributed by atoms with Gasteiger partial charge in [0.15, 0.2) is 5.78 Å². The molecule has 1 aromatic carbocycles. The molecule has 0 radical (unpaired) electrons. The number of ketones is 1. The van der Waals surface area contributed by atoms with E-state index in [9.17, 15) is 18.4 Å². The molecule has 0 saturated carbocycles. The van der Waals surface area contributed by atoms with Gasteiger partial charge in [-0.1, -0.05) is 6.07 Å². The monoisotopic (exact) mass is 270 g/mol. The minimum Gasteiger partial charge on any atom is -0.469 e. The number of fused-ring (bicyclic) bond motifs is 1. The number of hydrogen-bond acceptors (Lipinski definition) is 4. The number of ether oxygens (including phenoxy) is 2. The van der Waals surface area contributed by atoms with Crippen LogP contribution in [0, 0.1) is 5.92 Å². The molecule has 0 spiro atoms. The van der Waals surface area contributed by atoms with Gasteiger partial charge in [-0.3, -0.25) is 9.59 Å². The van der Waals surface area contributed by atoms with Gasteiger partial charge in [-0.05, 0) is 24.1 Å². The highest BCUT2D eigenvalue weighted by molar-refractivity contribution is 6.01. The Morgan fingerprint density at radius 1 is 1.37 bits per heavy atom. The van der Waals surface area contributed by atoms with E-state index in [0.29, 0.717) is 17.5 Å². The molecule has 0 fully saturated rings. The summed E-state index contributed by atoms with van der Waals surface area (Å²) in [6, 6.07) is 4.18. The van der Waals surface area contributed by atoms with E-state index in [0.717, 1.165) is 0 Å². The van der Waals surface area contributed by atoms with Crippen LogP contribution >= 0.6 is 0 Å². The number of esters is 1. The zero-order valence-electron chi connectivity index (χ0n) is 10.2. The average molecular weight is 270 g/mol. The van der Waals surface area contributed by atoms with Crippen LogP contribution in [-0.2, 0) is 16.0 Å². The molecule has 2 rings (SSSR count). The molecule has 1 atom stereocenters. The minimum atomic E-state index is -2.93. The van der Waals surface area contributed by atoms with Crippen molar-refractivity contribution in [2.75, 3.05) is 7.11 Å². The number of carbonyl (C=O) groups excluding carboxylic acids is 2. The van der Waals surface area contributed by atoms with Crippen LogP contribution in [0.15, 0.2) is 18.2 Å². The van der Waals surface area contributed by atoms with Crippen LogP contribution < -0.4 is 4.74 Å². The Balaban J connectivity index is 2.25. The quantitative estimate of drug-likeness (QED) is 0.790. The Kier molecular flexibility index (Phi) is 3.78. The predicted octanol–water partition coefficient (Wildman–Crippen LogP) is 2.21. The molecular formula is C13H12F2O4. The predicted molar refractivity (Wildman–Crippen MR) is 61.2 cm³/mol. The molecule has 102 valence electrons. The molecular weight excluding hydrogens is 258 g/mol. The van der Waals surface area contributed by atoms with Crippen LogP contribution in [0.2, 0.25) is 0 Å². The molecule has 1 aliphatic carbocycles. The average Bonchev–Trinajstić information content (AvgIpc) is 2.37. The van der Waals surface area contributed by atoms with Crippen LogP contribution in [0.1, 0.15) is 22.3 Å². The fourth-order valence-electron chi connectivity index (χ4n) is 2.17. The van der Waals surface area contributed by atoms with Gasteiger partial charge in [0.2, 0.25) is 0 Å². The first-order chi connectivity index (χ1) is 9.01. The summed E-state index contributed by atoms with van der Waals surface area (Å²) in [5.41, 5.74) is 0.978. The van der Waals surface area contributed by atoms with E-state index in [2.05, 4.69) is 9.47 Å². The second kappa shape index (κ2) is 5.34. The van der Waals surface area contributed by atoms with Gasteiger partial charge in [0.25, 0.3) is 0 Å². The van der Waals surface area contributed by atoms with Gasteiger partial charge in [-0.25, -0.2) is 0 Å². The van der Waals surface area contributed by atoms with Crippen molar-refractivity contribution >= 4 is 11.8 Å². The van der Waals surface area contributed by atoms with Crippen LogP contribution in [-0.4, -0.2) is 25.5 Å². The SMILES string of the molecule is COC(=O)C1CC(=O)c2cc(OC(F)F)ccc2C1. The van der Waals surface area contributed by atoms with Crippen LogP contribution in [0.4, 0.5) is 8.78 Å². The van der Waals surface area contributed by atoms with Gasteiger partial charge in [0, 0.05) is 12.0 Å². The van der Waals surface area contributed by atoms with Gasteiger partial charge >= 0.3 is 12.6 Å². The molecule has 19 heavy (non-hydrogen) atoms. The van der Waals surface area contributed by atoms with E-state index < -0.39 is 18.5 Å². The van der Waals surface area contributed by atoms with Crippen molar-refractivity contribution in [3.8, 4) is 5.75 Å². The zero-order chi connectivity index (χ0) is 14.0. The highest BCUT2D eigenvalue weighted by Crippen LogP contribution is 2.29. The second-order valence-electron chi connectivity index (χ2n) is 4.25. The first-order valence-corrected chi connectivity index (χ1v) is 5.70. The van der Waals surface area contributed by atoms with Crippen LogP contribution in [0.25, 0.3) is 0 Å². The Hall–Kier alpha value is -1.98. The molecule has 0 amide bonds. The molecule has 4 nitrogen and oxygen atoms in total. The van der Waals surface area contributed by atoms with Crippen molar-refractivity contribution in [3.63, 3.8) is 0 Å². The first kappa shape index (κ1) is 13.5. The first-order valence-electron chi connectivity index (χ1n) is 5.70. The molecule has 0 heterocycles. The van der Waals surface area contributed by atoms with E-state index in [1.54, 1.807) is 0 Å². The molecule has 1 aromatic rings. The molecule has 0 aromatic heterocycles. The summed E-state index contributed by atoms with van der Waals surface area (Å²) >= 11 is 0. The lowest BCUT2D eigenvalue weighted by Crippen LogP contribution is -2.27. The van der Waals surface area contributed by atoms with Crippen molar-refractivity contribution in [3.05, 3.63) is 29.3 Å². The van der Waals surface area contributed by atoms with Crippen LogP contribution in [0.3, 0.4) is 0 Å². The molecule has 0 aliphatic heterocycles. The third kappa shape index (κ3) is 2.89. The van der Waals surface area contributed by atoms with E-state index in [1.165, 1.54) is 25.3 Å². The lowest BCUT2D eigenvalue weighted by atomic mass is 9.83. The van der Waals surface area contributed by atoms with E-state index in [-0.39, 0.29) is 18.0 Å². The lowest BCUT2D eigenvalue weighted by molar-refractivity contribution is -0.145. The van der Waals surface area contributed by atoms with Crippen molar-refractivity contribution in [1.82, 2.24) is 0 Å². The van der Waals surface area contributed by atoms with Gasteiger partial charge in [0.1, 0.15) is 5.75 Å². The maximum absolute atomic E-state index is 12.1. The fraction of sp³-hybridized carbons (Fsp3) is 0.385.